The summed E-state index contributed by atoms with van der Waals surface area (Å²) in [5.41, 5.74) is 7.32. The van der Waals surface area contributed by atoms with Crippen LogP contribution in [0.5, 0.6) is 0 Å². The largest absolute Gasteiger partial charge is 0.361 e. The Morgan fingerprint density at radius 2 is 1.62 bits per heavy atom. The van der Waals surface area contributed by atoms with E-state index in [1.165, 1.54) is 0 Å². The summed E-state index contributed by atoms with van der Waals surface area (Å²) in [4.78, 5) is 27.6. The van der Waals surface area contributed by atoms with Crippen molar-refractivity contribution in [2.45, 2.75) is 6.42 Å². The van der Waals surface area contributed by atoms with Gasteiger partial charge in [0.1, 0.15) is 0 Å². The smallest absolute Gasteiger partial charge is 0.269 e. The van der Waals surface area contributed by atoms with Crippen LogP contribution in [0.2, 0.25) is 0 Å². The van der Waals surface area contributed by atoms with Crippen LogP contribution in [0.4, 0.5) is 0 Å². The maximum absolute atomic E-state index is 12.3. The minimum atomic E-state index is -0.344. The second-order valence-corrected chi connectivity index (χ2v) is 6.10. The van der Waals surface area contributed by atoms with E-state index < -0.39 is 0 Å². The number of benzene rings is 3. The first-order valence-electron chi connectivity index (χ1n) is 8.34. The summed E-state index contributed by atoms with van der Waals surface area (Å²) < 4.78 is 0. The topological polar surface area (TPSA) is 74.0 Å². The number of amides is 2. The van der Waals surface area contributed by atoms with Gasteiger partial charge in [0.05, 0.1) is 6.42 Å². The lowest BCUT2D eigenvalue weighted by Gasteiger charge is -2.08. The monoisotopic (exact) mass is 343 g/mol. The molecule has 0 spiro atoms. The van der Waals surface area contributed by atoms with Gasteiger partial charge in [-0.15, -0.1) is 0 Å². The molecule has 0 aliphatic rings. The zero-order valence-electron chi connectivity index (χ0n) is 14.0. The van der Waals surface area contributed by atoms with Gasteiger partial charge in [-0.3, -0.25) is 20.4 Å². The van der Waals surface area contributed by atoms with Crippen molar-refractivity contribution in [3.05, 3.63) is 84.1 Å². The summed E-state index contributed by atoms with van der Waals surface area (Å²) >= 11 is 0. The lowest BCUT2D eigenvalue weighted by atomic mass is 10.1. The molecule has 3 N–H and O–H groups in total. The maximum Gasteiger partial charge on any atom is 0.269 e. The lowest BCUT2D eigenvalue weighted by Crippen LogP contribution is -2.42. The molecule has 3 aromatic carbocycles. The second kappa shape index (κ2) is 6.72. The van der Waals surface area contributed by atoms with Gasteiger partial charge < -0.3 is 4.98 Å². The molecule has 0 unspecified atom stereocenters. The Kier molecular flexibility index (Phi) is 4.11. The number of fused-ring (bicyclic) bond motifs is 2. The molecule has 4 rings (SSSR count). The summed E-state index contributed by atoms with van der Waals surface area (Å²) in [5.74, 6) is -0.619. The molecule has 5 heteroatoms. The van der Waals surface area contributed by atoms with Crippen LogP contribution in [0, 0.1) is 0 Å². The molecular weight excluding hydrogens is 326 g/mol. The van der Waals surface area contributed by atoms with Crippen LogP contribution in [-0.4, -0.2) is 16.8 Å². The van der Waals surface area contributed by atoms with Crippen LogP contribution in [0.1, 0.15) is 15.9 Å². The van der Waals surface area contributed by atoms with Crippen LogP contribution in [-0.2, 0) is 11.2 Å². The predicted octanol–water partition coefficient (Wildman–Crippen LogP) is 3.32. The van der Waals surface area contributed by atoms with E-state index in [-0.39, 0.29) is 18.2 Å². The number of carbonyl (C=O) groups excluding carboxylic acids is 2. The number of hydrazine groups is 1. The molecule has 0 bridgehead atoms. The molecule has 1 heterocycles. The normalized spacial score (nSPS) is 10.8. The highest BCUT2D eigenvalue weighted by atomic mass is 16.2. The summed E-state index contributed by atoms with van der Waals surface area (Å²) in [6, 6.07) is 21.0. The van der Waals surface area contributed by atoms with Gasteiger partial charge >= 0.3 is 0 Å². The van der Waals surface area contributed by atoms with Crippen LogP contribution in [0.25, 0.3) is 21.7 Å². The van der Waals surface area contributed by atoms with Crippen LogP contribution < -0.4 is 10.9 Å². The molecule has 4 aromatic rings. The number of hydrogen-bond donors (Lipinski definition) is 3. The molecule has 0 fully saturated rings. The zero-order chi connectivity index (χ0) is 17.9. The number of nitrogens with one attached hydrogen (secondary N) is 3. The van der Waals surface area contributed by atoms with E-state index in [0.29, 0.717) is 5.56 Å². The van der Waals surface area contributed by atoms with Gasteiger partial charge in [0.25, 0.3) is 5.91 Å². The van der Waals surface area contributed by atoms with Crippen LogP contribution in [0.3, 0.4) is 0 Å². The number of hydrogen-bond acceptors (Lipinski definition) is 2. The van der Waals surface area contributed by atoms with E-state index in [0.717, 1.165) is 27.2 Å². The number of aromatic nitrogens is 1. The quantitative estimate of drug-likeness (QED) is 0.499. The Labute approximate surface area is 150 Å². The molecule has 5 nitrogen and oxygen atoms in total. The summed E-state index contributed by atoms with van der Waals surface area (Å²) in [6.07, 6.45) is 2.00. The molecule has 0 radical (unpaired) electrons. The molecule has 0 saturated carbocycles. The summed E-state index contributed by atoms with van der Waals surface area (Å²) in [7, 11) is 0. The molecule has 0 saturated heterocycles. The highest BCUT2D eigenvalue weighted by Crippen LogP contribution is 2.18. The summed E-state index contributed by atoms with van der Waals surface area (Å²) in [6.45, 7) is 0. The Balaban J connectivity index is 1.41. The first-order valence-corrected chi connectivity index (χ1v) is 8.34. The highest BCUT2D eigenvalue weighted by Gasteiger charge is 2.11. The first kappa shape index (κ1) is 15.9. The Morgan fingerprint density at radius 1 is 0.846 bits per heavy atom. The Bertz CT molecular complexity index is 1110. The van der Waals surface area contributed by atoms with Crippen molar-refractivity contribution < 1.29 is 9.59 Å². The van der Waals surface area contributed by atoms with Crippen molar-refractivity contribution in [1.82, 2.24) is 15.8 Å². The van der Waals surface area contributed by atoms with Crippen molar-refractivity contribution >= 4 is 33.5 Å². The molecule has 128 valence electrons. The predicted molar refractivity (Wildman–Crippen MR) is 102 cm³/mol. The average molecular weight is 343 g/mol. The van der Waals surface area contributed by atoms with E-state index in [1.807, 2.05) is 60.8 Å². The number of carbonyl (C=O) groups is 2. The number of aromatic amines is 1. The molecule has 26 heavy (non-hydrogen) atoms. The van der Waals surface area contributed by atoms with Crippen molar-refractivity contribution in [2.75, 3.05) is 0 Å². The van der Waals surface area contributed by atoms with E-state index in [4.69, 9.17) is 0 Å². The van der Waals surface area contributed by atoms with Crippen molar-refractivity contribution in [3.63, 3.8) is 0 Å². The van der Waals surface area contributed by atoms with Gasteiger partial charge in [-0.2, -0.15) is 0 Å². The average Bonchev–Trinajstić information content (AvgIpc) is 3.08. The fourth-order valence-corrected chi connectivity index (χ4v) is 3.02. The van der Waals surface area contributed by atoms with Gasteiger partial charge in [-0.1, -0.05) is 48.5 Å². The van der Waals surface area contributed by atoms with Gasteiger partial charge in [-0.25, -0.2) is 0 Å². The lowest BCUT2D eigenvalue weighted by molar-refractivity contribution is -0.121. The maximum atomic E-state index is 12.3. The summed E-state index contributed by atoms with van der Waals surface area (Å²) in [5, 5.41) is 3.04. The molecule has 2 amide bonds. The van der Waals surface area contributed by atoms with Gasteiger partial charge in [0, 0.05) is 22.7 Å². The van der Waals surface area contributed by atoms with E-state index in [2.05, 4.69) is 15.8 Å². The van der Waals surface area contributed by atoms with Gasteiger partial charge in [0.15, 0.2) is 0 Å². The molecular formula is C21H17N3O2. The fourth-order valence-electron chi connectivity index (χ4n) is 3.02. The number of rotatable bonds is 3. The SMILES string of the molecule is O=C(Cc1c[nH]c2ccccc12)NNC(=O)c1ccc2ccccc2c1. The van der Waals surface area contributed by atoms with Gasteiger partial charge in [0.2, 0.25) is 5.91 Å². The number of para-hydroxylation sites is 1. The molecule has 0 aliphatic heterocycles. The molecule has 1 aromatic heterocycles. The Hall–Kier alpha value is -3.60. The van der Waals surface area contributed by atoms with Crippen molar-refractivity contribution in [1.29, 1.82) is 0 Å². The van der Waals surface area contributed by atoms with Crippen LogP contribution in [0.15, 0.2) is 72.9 Å². The highest BCUT2D eigenvalue weighted by molar-refractivity contribution is 5.99. The molecule has 0 aliphatic carbocycles. The first-order chi connectivity index (χ1) is 12.7. The van der Waals surface area contributed by atoms with Crippen molar-refractivity contribution in [3.8, 4) is 0 Å². The standard InChI is InChI=1S/C21H17N3O2/c25-20(12-17-13-22-19-8-4-3-7-18(17)19)23-24-21(26)16-10-9-14-5-1-2-6-15(14)11-16/h1-11,13,22H,12H2,(H,23,25)(H,24,26). The third kappa shape index (κ3) is 3.15. The van der Waals surface area contributed by atoms with Crippen molar-refractivity contribution in [2.24, 2.45) is 0 Å². The van der Waals surface area contributed by atoms with E-state index >= 15 is 0 Å². The number of H-pyrrole nitrogens is 1. The Morgan fingerprint density at radius 3 is 2.50 bits per heavy atom. The second-order valence-electron chi connectivity index (χ2n) is 6.10. The third-order valence-electron chi connectivity index (χ3n) is 4.35. The molecule has 0 atom stereocenters. The fraction of sp³-hybridized carbons (Fsp3) is 0.0476. The third-order valence-corrected chi connectivity index (χ3v) is 4.35. The minimum Gasteiger partial charge on any atom is -0.361 e. The van der Waals surface area contributed by atoms with E-state index in [9.17, 15) is 9.59 Å². The zero-order valence-corrected chi connectivity index (χ0v) is 14.0. The van der Waals surface area contributed by atoms with Gasteiger partial charge in [-0.05, 0) is 34.5 Å². The minimum absolute atomic E-state index is 0.183. The van der Waals surface area contributed by atoms with Crippen LogP contribution >= 0.6 is 0 Å². The van der Waals surface area contributed by atoms with E-state index in [1.54, 1.807) is 12.1 Å².